The third-order valence-corrected chi connectivity index (χ3v) is 2.95. The Balaban J connectivity index is 1.93. The van der Waals surface area contributed by atoms with Crippen molar-refractivity contribution in [1.29, 1.82) is 0 Å². The minimum Gasteiger partial charge on any atom is -0.481 e. The van der Waals surface area contributed by atoms with Crippen molar-refractivity contribution in [2.24, 2.45) is 5.92 Å². The molecule has 0 radical (unpaired) electrons. The molecule has 0 spiro atoms. The highest BCUT2D eigenvalue weighted by Crippen LogP contribution is 2.19. The molecule has 0 heterocycles. The fourth-order valence-electron chi connectivity index (χ4n) is 1.98. The Labute approximate surface area is 102 Å². The number of carboxylic acids is 1. The van der Waals surface area contributed by atoms with Gasteiger partial charge in [-0.15, -0.1) is 0 Å². The number of allylic oxidation sites excluding steroid dienone is 2. The van der Waals surface area contributed by atoms with Gasteiger partial charge in [-0.25, -0.2) is 0 Å². The quantitative estimate of drug-likeness (QED) is 0.503. The summed E-state index contributed by atoms with van der Waals surface area (Å²) in [7, 11) is 0. The van der Waals surface area contributed by atoms with Crippen LogP contribution in [0.2, 0.25) is 0 Å². The van der Waals surface area contributed by atoms with Gasteiger partial charge in [-0.1, -0.05) is 18.6 Å². The van der Waals surface area contributed by atoms with Crippen molar-refractivity contribution in [2.75, 3.05) is 6.54 Å². The fourth-order valence-corrected chi connectivity index (χ4v) is 1.98. The number of unbranched alkanes of at least 4 members (excludes halogenated alkanes) is 2. The monoisotopic (exact) mass is 239 g/mol. The van der Waals surface area contributed by atoms with Crippen molar-refractivity contribution in [3.8, 4) is 0 Å². The summed E-state index contributed by atoms with van der Waals surface area (Å²) in [5, 5.41) is 11.3. The Morgan fingerprint density at radius 3 is 2.76 bits per heavy atom. The number of hydrogen-bond acceptors (Lipinski definition) is 2. The number of carbonyl (C=O) groups is 2. The summed E-state index contributed by atoms with van der Waals surface area (Å²) in [6.45, 7) is 0.662. The second-order valence-electron chi connectivity index (χ2n) is 4.52. The van der Waals surface area contributed by atoms with Crippen LogP contribution in [-0.2, 0) is 9.59 Å². The minimum absolute atomic E-state index is 0.111. The van der Waals surface area contributed by atoms with E-state index >= 15 is 0 Å². The molecular weight excluding hydrogens is 218 g/mol. The zero-order chi connectivity index (χ0) is 12.5. The third kappa shape index (κ3) is 6.76. The lowest BCUT2D eigenvalue weighted by Gasteiger charge is -2.08. The largest absolute Gasteiger partial charge is 0.481 e. The molecule has 4 heteroatoms. The maximum absolute atomic E-state index is 11.5. The number of rotatable bonds is 8. The van der Waals surface area contributed by atoms with E-state index < -0.39 is 5.97 Å². The highest BCUT2D eigenvalue weighted by Gasteiger charge is 2.13. The number of aliphatic carboxylic acids is 1. The molecule has 17 heavy (non-hydrogen) atoms. The average molecular weight is 239 g/mol. The van der Waals surface area contributed by atoms with Crippen LogP contribution in [0.1, 0.15) is 44.9 Å². The highest BCUT2D eigenvalue weighted by molar-refractivity contribution is 5.76. The van der Waals surface area contributed by atoms with Crippen molar-refractivity contribution in [3.63, 3.8) is 0 Å². The van der Waals surface area contributed by atoms with E-state index in [1.165, 1.54) is 0 Å². The molecule has 1 unspecified atom stereocenters. The zero-order valence-electron chi connectivity index (χ0n) is 10.2. The summed E-state index contributed by atoms with van der Waals surface area (Å²) in [6.07, 6.45) is 9.65. The van der Waals surface area contributed by atoms with Crippen molar-refractivity contribution in [2.45, 2.75) is 44.9 Å². The first kappa shape index (κ1) is 13.7. The molecular formula is C13H21NO3. The van der Waals surface area contributed by atoms with Gasteiger partial charge in [0, 0.05) is 19.4 Å². The van der Waals surface area contributed by atoms with Gasteiger partial charge in [0.2, 0.25) is 5.91 Å². The molecule has 0 aromatic rings. The lowest BCUT2D eigenvalue weighted by molar-refractivity contribution is -0.137. The Hall–Kier alpha value is -1.32. The summed E-state index contributed by atoms with van der Waals surface area (Å²) in [6, 6.07) is 0. The van der Waals surface area contributed by atoms with Gasteiger partial charge < -0.3 is 10.4 Å². The minimum atomic E-state index is -0.748. The van der Waals surface area contributed by atoms with Gasteiger partial charge in [0.1, 0.15) is 0 Å². The number of carbonyl (C=O) groups excluding carboxylic acids is 1. The summed E-state index contributed by atoms with van der Waals surface area (Å²) >= 11 is 0. The van der Waals surface area contributed by atoms with E-state index in [1.807, 2.05) is 0 Å². The molecule has 1 aliphatic carbocycles. The van der Waals surface area contributed by atoms with Crippen molar-refractivity contribution in [3.05, 3.63) is 12.2 Å². The lowest BCUT2D eigenvalue weighted by atomic mass is 10.1. The van der Waals surface area contributed by atoms with Gasteiger partial charge in [0.05, 0.1) is 0 Å². The van der Waals surface area contributed by atoms with Gasteiger partial charge in [-0.2, -0.15) is 0 Å². The summed E-state index contributed by atoms with van der Waals surface area (Å²) in [5.41, 5.74) is 0. The first-order valence-corrected chi connectivity index (χ1v) is 6.33. The first-order chi connectivity index (χ1) is 8.18. The molecule has 0 bridgehead atoms. The molecule has 1 atom stereocenters. The molecule has 1 amide bonds. The van der Waals surface area contributed by atoms with Crippen molar-refractivity contribution < 1.29 is 14.7 Å². The maximum Gasteiger partial charge on any atom is 0.303 e. The van der Waals surface area contributed by atoms with Crippen LogP contribution in [0.3, 0.4) is 0 Å². The number of hydrogen-bond donors (Lipinski definition) is 2. The van der Waals surface area contributed by atoms with Gasteiger partial charge in [-0.05, 0) is 31.6 Å². The van der Waals surface area contributed by atoms with E-state index in [2.05, 4.69) is 17.5 Å². The van der Waals surface area contributed by atoms with Crippen LogP contribution in [0.15, 0.2) is 12.2 Å². The van der Waals surface area contributed by atoms with Gasteiger partial charge >= 0.3 is 5.97 Å². The summed E-state index contributed by atoms with van der Waals surface area (Å²) in [5.74, 6) is -0.219. The van der Waals surface area contributed by atoms with E-state index in [9.17, 15) is 9.59 Å². The van der Waals surface area contributed by atoms with Crippen molar-refractivity contribution in [1.82, 2.24) is 5.32 Å². The second-order valence-corrected chi connectivity index (χ2v) is 4.52. The predicted octanol–water partition coefficient (Wildman–Crippen LogP) is 2.10. The Morgan fingerprint density at radius 1 is 1.29 bits per heavy atom. The SMILES string of the molecule is O=C(O)CCCCCNC(=O)CC1C=CCC1. The summed E-state index contributed by atoms with van der Waals surface area (Å²) < 4.78 is 0. The van der Waals surface area contributed by atoms with Crippen LogP contribution in [-0.4, -0.2) is 23.5 Å². The van der Waals surface area contributed by atoms with Gasteiger partial charge in [0.15, 0.2) is 0 Å². The molecule has 1 rings (SSSR count). The molecule has 0 aromatic carbocycles. The molecule has 0 saturated heterocycles. The van der Waals surface area contributed by atoms with E-state index in [4.69, 9.17) is 5.11 Å². The third-order valence-electron chi connectivity index (χ3n) is 2.95. The molecule has 0 aliphatic heterocycles. The Bertz CT molecular complexity index is 286. The molecule has 1 aliphatic rings. The highest BCUT2D eigenvalue weighted by atomic mass is 16.4. The van der Waals surface area contributed by atoms with Crippen LogP contribution < -0.4 is 5.32 Å². The molecule has 4 nitrogen and oxygen atoms in total. The van der Waals surface area contributed by atoms with E-state index in [1.54, 1.807) is 0 Å². The van der Waals surface area contributed by atoms with Crippen LogP contribution in [0.5, 0.6) is 0 Å². The molecule has 2 N–H and O–H groups in total. The van der Waals surface area contributed by atoms with Crippen molar-refractivity contribution >= 4 is 11.9 Å². The first-order valence-electron chi connectivity index (χ1n) is 6.33. The topological polar surface area (TPSA) is 66.4 Å². The number of amides is 1. The average Bonchev–Trinajstić information content (AvgIpc) is 2.75. The standard InChI is InChI=1S/C13H21NO3/c15-12(10-11-6-3-4-7-11)14-9-5-1-2-8-13(16)17/h3,6,11H,1-2,4-5,7-10H2,(H,14,15)(H,16,17). The van der Waals surface area contributed by atoms with Crippen LogP contribution in [0.25, 0.3) is 0 Å². The van der Waals surface area contributed by atoms with E-state index in [-0.39, 0.29) is 12.3 Å². The zero-order valence-corrected chi connectivity index (χ0v) is 10.2. The number of carboxylic acid groups (broad SMARTS) is 1. The smallest absolute Gasteiger partial charge is 0.303 e. The molecule has 0 saturated carbocycles. The Morgan fingerprint density at radius 2 is 2.12 bits per heavy atom. The predicted molar refractivity (Wildman–Crippen MR) is 65.6 cm³/mol. The van der Waals surface area contributed by atoms with Crippen LogP contribution in [0.4, 0.5) is 0 Å². The maximum atomic E-state index is 11.5. The fraction of sp³-hybridized carbons (Fsp3) is 0.692. The lowest BCUT2D eigenvalue weighted by Crippen LogP contribution is -2.25. The van der Waals surface area contributed by atoms with E-state index in [0.29, 0.717) is 25.3 Å². The molecule has 0 fully saturated rings. The number of nitrogens with one attached hydrogen (secondary N) is 1. The normalized spacial score (nSPS) is 18.2. The van der Waals surface area contributed by atoms with Gasteiger partial charge in [-0.3, -0.25) is 9.59 Å². The van der Waals surface area contributed by atoms with Crippen LogP contribution in [0, 0.1) is 5.92 Å². The molecule has 96 valence electrons. The van der Waals surface area contributed by atoms with E-state index in [0.717, 1.165) is 25.7 Å². The molecule has 0 aromatic heterocycles. The second kappa shape index (κ2) is 7.87. The van der Waals surface area contributed by atoms with Crippen LogP contribution >= 0.6 is 0 Å². The van der Waals surface area contributed by atoms with Gasteiger partial charge in [0.25, 0.3) is 0 Å². The Kier molecular flexibility index (Phi) is 6.37. The summed E-state index contributed by atoms with van der Waals surface area (Å²) in [4.78, 5) is 21.8.